The molecule has 77 heavy (non-hydrogen) atoms. The number of aliphatic hydroxyl groups excluding tert-OH is 3. The third-order valence-electron chi connectivity index (χ3n) is 24.1. The van der Waals surface area contributed by atoms with E-state index < -0.39 is 107 Å². The molecule has 9 saturated carbocycles. The highest BCUT2D eigenvalue weighted by molar-refractivity contribution is 7.81. The standard InChI is InChI=1S/C54H88O19S4/c1-29(35-11-13-37-32-23-46(70-74(58,59)60)41-25-44(56)48(72-76(64,65)66)27-53(41,7)39(32)16-21-51(35,37)5)9-10-34-30(2)15-19-50(34,4)20-18-43(55)31(3)36-12-14-38-33-24-47(71-75(61,62)63)42-26-45(57)49(73-77(67,68)69)28-54(42,8)40(33)17-22-52(36,38)6/h18,20,29,31-49,55-57H,2,9-17,19,21-28H2,1,3-8H3,(H,58,59,60)(H,61,62,63)(H,64,65,66)(H,67,68,69)/b20-18+/t29-,31+,32+,33+,34?,35?,36?,37+,38+,39+,40+,41-,42-,43?,44+,45-,46+,47+,48+,49+,50?,51-,52-,53-,54-/m1/s1. The van der Waals surface area contributed by atoms with E-state index in [9.17, 15) is 67.2 Å². The maximum atomic E-state index is 12.3. The average molecular weight is 1170 g/mol. The van der Waals surface area contributed by atoms with Gasteiger partial charge in [-0.05, 0) is 220 Å². The Balaban J connectivity index is 0.860. The van der Waals surface area contributed by atoms with Crippen LogP contribution in [0.1, 0.15) is 164 Å². The minimum atomic E-state index is -4.90. The summed E-state index contributed by atoms with van der Waals surface area (Å²) in [6.07, 6.45) is 7.86. The van der Waals surface area contributed by atoms with Crippen LogP contribution >= 0.6 is 0 Å². The molecule has 0 aromatic rings. The maximum absolute atomic E-state index is 12.3. The summed E-state index contributed by atoms with van der Waals surface area (Å²) in [6.45, 7) is 19.9. The van der Waals surface area contributed by atoms with Crippen molar-refractivity contribution in [2.45, 2.75) is 207 Å². The van der Waals surface area contributed by atoms with E-state index in [1.165, 1.54) is 5.57 Å². The fourth-order valence-electron chi connectivity index (χ4n) is 20.8. The Morgan fingerprint density at radius 2 is 0.961 bits per heavy atom. The van der Waals surface area contributed by atoms with Crippen molar-refractivity contribution in [1.82, 2.24) is 0 Å². The predicted octanol–water partition coefficient (Wildman–Crippen LogP) is 8.16. The molecule has 19 nitrogen and oxygen atoms in total. The van der Waals surface area contributed by atoms with E-state index in [-0.39, 0.29) is 95.2 Å². The molecule has 9 fully saturated rings. The van der Waals surface area contributed by atoms with Gasteiger partial charge in [0.25, 0.3) is 0 Å². The highest BCUT2D eigenvalue weighted by Gasteiger charge is 2.67. The summed E-state index contributed by atoms with van der Waals surface area (Å²) in [7, 11) is -19.5. The van der Waals surface area contributed by atoms with Gasteiger partial charge in [0.2, 0.25) is 0 Å². The van der Waals surface area contributed by atoms with Gasteiger partial charge in [-0.2, -0.15) is 33.7 Å². The van der Waals surface area contributed by atoms with Crippen molar-refractivity contribution in [1.29, 1.82) is 0 Å². The Morgan fingerprint density at radius 3 is 1.40 bits per heavy atom. The predicted molar refractivity (Wildman–Crippen MR) is 282 cm³/mol. The third kappa shape index (κ3) is 11.5. The molecule has 7 N–H and O–H groups in total. The van der Waals surface area contributed by atoms with Gasteiger partial charge in [0, 0.05) is 0 Å². The summed E-state index contributed by atoms with van der Waals surface area (Å²) < 4.78 is 156. The quantitative estimate of drug-likeness (QED) is 0.0566. The zero-order valence-corrected chi connectivity index (χ0v) is 49.1. The van der Waals surface area contributed by atoms with Crippen LogP contribution in [-0.4, -0.2) is 110 Å². The minimum Gasteiger partial charge on any atom is -0.390 e. The van der Waals surface area contributed by atoms with Crippen LogP contribution in [0.4, 0.5) is 0 Å². The first-order valence-corrected chi connectivity index (χ1v) is 33.9. The van der Waals surface area contributed by atoms with Crippen LogP contribution in [-0.2, 0) is 58.3 Å². The lowest BCUT2D eigenvalue weighted by Crippen LogP contribution is -2.61. The number of fused-ring (bicyclic) bond motifs is 10. The second-order valence-electron chi connectivity index (χ2n) is 27.7. The molecule has 0 amide bonds. The van der Waals surface area contributed by atoms with Gasteiger partial charge in [0.1, 0.15) is 12.2 Å². The van der Waals surface area contributed by atoms with Crippen molar-refractivity contribution in [3.8, 4) is 0 Å². The van der Waals surface area contributed by atoms with E-state index in [0.29, 0.717) is 24.7 Å². The van der Waals surface area contributed by atoms with E-state index >= 15 is 0 Å². The molecule has 25 atom stereocenters. The molecule has 9 aliphatic rings. The van der Waals surface area contributed by atoms with E-state index in [1.807, 2.05) is 19.9 Å². The highest BCUT2D eigenvalue weighted by atomic mass is 32.3. The van der Waals surface area contributed by atoms with E-state index in [0.717, 1.165) is 77.0 Å². The second kappa shape index (κ2) is 20.9. The highest BCUT2D eigenvalue weighted by Crippen LogP contribution is 2.71. The Labute approximate surface area is 458 Å². The first-order chi connectivity index (χ1) is 35.4. The van der Waals surface area contributed by atoms with Crippen molar-refractivity contribution in [2.24, 2.45) is 104 Å². The summed E-state index contributed by atoms with van der Waals surface area (Å²) in [5.74, 6) is 0.189. The first-order valence-electron chi connectivity index (χ1n) is 28.4. The normalized spacial score (nSPS) is 48.5. The molecule has 5 unspecified atom stereocenters. The summed E-state index contributed by atoms with van der Waals surface area (Å²) in [5, 5.41) is 34.1. The molecule has 0 aromatic carbocycles. The number of hydrogen-bond acceptors (Lipinski definition) is 15. The molecule has 0 radical (unpaired) electrons. The fraction of sp³-hybridized carbons (Fsp3) is 0.926. The monoisotopic (exact) mass is 1170 g/mol. The van der Waals surface area contributed by atoms with Crippen molar-refractivity contribution in [3.05, 3.63) is 24.3 Å². The lowest BCUT2D eigenvalue weighted by molar-refractivity contribution is -0.187. The van der Waals surface area contributed by atoms with Crippen LogP contribution in [0.25, 0.3) is 0 Å². The summed E-state index contributed by atoms with van der Waals surface area (Å²) in [6, 6.07) is 0. The molecule has 0 spiro atoms. The van der Waals surface area contributed by atoms with Gasteiger partial charge in [-0.1, -0.05) is 72.8 Å². The Bertz CT molecular complexity index is 2720. The Morgan fingerprint density at radius 1 is 0.558 bits per heavy atom. The molecule has 0 aliphatic heterocycles. The van der Waals surface area contributed by atoms with E-state index in [1.54, 1.807) is 0 Å². The van der Waals surface area contributed by atoms with Crippen LogP contribution in [0, 0.1) is 104 Å². The number of allylic oxidation sites excluding steroid dienone is 2. The SMILES string of the molecule is C=C1CCC(C)(/C=C/C(O)[C@@H](C)C2CC[C@H]3[C@@H]4C[C@H](OS(=O)(=O)O)[C@H]5C[C@@H](O)[C@@H](OS(=O)(=O)O)C[C@]5(C)[C@H]4CC[C@]23C)C1CC[C@@H](C)C1CC[C@H]2[C@@H]3C[C@H](OS(=O)(=O)O)[C@H]4C[C@H](O)[C@@H](OS(=O)(=O)O)C[C@]4(C)[C@H]3CC[C@]12C. The smallest absolute Gasteiger partial charge is 0.390 e. The molecular formula is C54H88O19S4. The van der Waals surface area contributed by atoms with Crippen LogP contribution in [0.2, 0.25) is 0 Å². The van der Waals surface area contributed by atoms with Crippen molar-refractivity contribution >= 4 is 41.6 Å². The Kier molecular flexibility index (Phi) is 16.4. The topological polar surface area (TPSA) is 315 Å². The van der Waals surface area contributed by atoms with Gasteiger partial charge in [-0.25, -0.2) is 16.7 Å². The molecular weight excluding hydrogens is 1080 g/mol. The van der Waals surface area contributed by atoms with Gasteiger partial charge in [-0.3, -0.25) is 18.2 Å². The largest absolute Gasteiger partial charge is 0.397 e. The summed E-state index contributed by atoms with van der Waals surface area (Å²) in [4.78, 5) is 0. The van der Waals surface area contributed by atoms with Crippen molar-refractivity contribution in [2.75, 3.05) is 0 Å². The molecule has 9 aliphatic carbocycles. The van der Waals surface area contributed by atoms with E-state index in [2.05, 4.69) is 47.3 Å². The van der Waals surface area contributed by atoms with Crippen LogP contribution in [0.3, 0.4) is 0 Å². The lowest BCUT2D eigenvalue weighted by atomic mass is 9.43. The van der Waals surface area contributed by atoms with Gasteiger partial charge >= 0.3 is 41.6 Å². The van der Waals surface area contributed by atoms with E-state index in [4.69, 9.17) is 16.7 Å². The molecule has 23 heteroatoms. The number of rotatable bonds is 16. The van der Waals surface area contributed by atoms with Crippen LogP contribution in [0.15, 0.2) is 24.3 Å². The van der Waals surface area contributed by atoms with Gasteiger partial charge in [-0.15, -0.1) is 0 Å². The lowest BCUT2D eigenvalue weighted by Gasteiger charge is -2.63. The third-order valence-corrected chi connectivity index (χ3v) is 26.1. The maximum Gasteiger partial charge on any atom is 0.397 e. The molecule has 442 valence electrons. The number of aliphatic hydroxyl groups is 3. The van der Waals surface area contributed by atoms with Gasteiger partial charge in [0.05, 0.1) is 30.5 Å². The number of hydrogen-bond donors (Lipinski definition) is 7. The molecule has 0 bridgehead atoms. The van der Waals surface area contributed by atoms with Crippen molar-refractivity contribution in [3.63, 3.8) is 0 Å². The first kappa shape index (κ1) is 60.4. The summed E-state index contributed by atoms with van der Waals surface area (Å²) >= 11 is 0. The zero-order chi connectivity index (χ0) is 56.6. The minimum absolute atomic E-state index is 0.00679. The van der Waals surface area contributed by atoms with Crippen molar-refractivity contribution < 1.29 is 83.9 Å². The molecule has 0 aromatic heterocycles. The van der Waals surface area contributed by atoms with Gasteiger partial charge < -0.3 is 15.3 Å². The fourth-order valence-corrected chi connectivity index (χ4v) is 22.9. The molecule has 0 heterocycles. The average Bonchev–Trinajstić information content (AvgIpc) is 4.12. The second-order valence-corrected chi connectivity index (χ2v) is 31.8. The van der Waals surface area contributed by atoms with Crippen LogP contribution < -0.4 is 0 Å². The van der Waals surface area contributed by atoms with Crippen LogP contribution in [0.5, 0.6) is 0 Å². The molecule has 9 rings (SSSR count). The van der Waals surface area contributed by atoms with Gasteiger partial charge in [0.15, 0.2) is 0 Å². The zero-order valence-electron chi connectivity index (χ0n) is 45.8. The summed E-state index contributed by atoms with van der Waals surface area (Å²) in [5.41, 5.74) is -0.795. The Hall–Kier alpha value is -1.16. The molecule has 0 saturated heterocycles.